The van der Waals surface area contributed by atoms with E-state index in [-0.39, 0.29) is 5.82 Å². The average molecular weight is 382 g/mol. The predicted molar refractivity (Wildman–Crippen MR) is 99.3 cm³/mol. The number of benzene rings is 2. The molecule has 0 saturated carbocycles. The number of carbonyl (C=O) groups excluding carboxylic acids is 2. The zero-order chi connectivity index (χ0) is 18.8. The van der Waals surface area contributed by atoms with E-state index in [1.807, 2.05) is 12.1 Å². The third-order valence-electron chi connectivity index (χ3n) is 4.26. The number of fused-ring (bicyclic) bond motifs is 1. The molecule has 0 radical (unpaired) electrons. The number of amides is 1. The first-order valence-corrected chi connectivity index (χ1v) is 9.19. The van der Waals surface area contributed by atoms with E-state index in [1.54, 1.807) is 30.5 Å². The minimum absolute atomic E-state index is 0.278. The van der Waals surface area contributed by atoms with Crippen LogP contribution in [0.15, 0.2) is 54.7 Å². The highest BCUT2D eigenvalue weighted by molar-refractivity contribution is 7.15. The predicted octanol–water partition coefficient (Wildman–Crippen LogP) is 3.59. The van der Waals surface area contributed by atoms with Gasteiger partial charge < -0.3 is 4.74 Å². The Kier molecular flexibility index (Phi) is 4.68. The Morgan fingerprint density at radius 2 is 2.00 bits per heavy atom. The summed E-state index contributed by atoms with van der Waals surface area (Å²) in [7, 11) is 0. The van der Waals surface area contributed by atoms with Crippen molar-refractivity contribution in [2.75, 3.05) is 5.32 Å². The standard InChI is InChI=1S/C20H15FN2O3S/c21-14-7-5-12(6-8-14)9-15-11-22-20(27-15)23-18(24)17-10-13-3-1-2-4-16(13)19(25)26-17/h1-8,11,17H,9-10H2,(H,22,23,24)/t17-/m1/s1. The summed E-state index contributed by atoms with van der Waals surface area (Å²) in [6.45, 7) is 0. The molecule has 5 nitrogen and oxygen atoms in total. The van der Waals surface area contributed by atoms with Crippen molar-refractivity contribution in [2.45, 2.75) is 18.9 Å². The molecule has 0 unspecified atom stereocenters. The maximum Gasteiger partial charge on any atom is 0.339 e. The first-order chi connectivity index (χ1) is 13.1. The summed E-state index contributed by atoms with van der Waals surface area (Å²) in [5, 5.41) is 3.15. The van der Waals surface area contributed by atoms with Gasteiger partial charge in [0.15, 0.2) is 11.2 Å². The van der Waals surface area contributed by atoms with Gasteiger partial charge in [-0.05, 0) is 29.3 Å². The number of ether oxygens (including phenoxy) is 1. The van der Waals surface area contributed by atoms with E-state index in [0.717, 1.165) is 16.0 Å². The van der Waals surface area contributed by atoms with Crippen LogP contribution in [-0.2, 0) is 22.4 Å². The Morgan fingerprint density at radius 3 is 2.81 bits per heavy atom. The van der Waals surface area contributed by atoms with Crippen molar-refractivity contribution in [1.29, 1.82) is 0 Å². The van der Waals surface area contributed by atoms with Crippen LogP contribution in [0.2, 0.25) is 0 Å². The van der Waals surface area contributed by atoms with Crippen LogP contribution < -0.4 is 5.32 Å². The number of cyclic esters (lactones) is 1. The van der Waals surface area contributed by atoms with E-state index in [0.29, 0.717) is 23.5 Å². The SMILES string of the molecule is O=C1O[C@@H](C(=O)Nc2ncc(Cc3ccc(F)cc3)s2)Cc2ccccc21. The number of nitrogens with zero attached hydrogens (tertiary/aromatic N) is 1. The van der Waals surface area contributed by atoms with Gasteiger partial charge >= 0.3 is 5.97 Å². The van der Waals surface area contributed by atoms with Crippen molar-refractivity contribution < 1.29 is 18.7 Å². The highest BCUT2D eigenvalue weighted by atomic mass is 32.1. The number of halogens is 1. The zero-order valence-corrected chi connectivity index (χ0v) is 15.0. The zero-order valence-electron chi connectivity index (χ0n) is 14.1. The second-order valence-corrected chi connectivity index (χ2v) is 7.29. The molecule has 3 aromatic rings. The highest BCUT2D eigenvalue weighted by Gasteiger charge is 2.31. The monoisotopic (exact) mass is 382 g/mol. The molecule has 0 aliphatic carbocycles. The van der Waals surface area contributed by atoms with Gasteiger partial charge in [-0.25, -0.2) is 14.2 Å². The van der Waals surface area contributed by atoms with Crippen LogP contribution in [0.5, 0.6) is 0 Å². The van der Waals surface area contributed by atoms with E-state index < -0.39 is 18.0 Å². The number of nitrogens with one attached hydrogen (secondary N) is 1. The van der Waals surface area contributed by atoms with Gasteiger partial charge in [-0.2, -0.15) is 0 Å². The van der Waals surface area contributed by atoms with Crippen LogP contribution in [0.4, 0.5) is 9.52 Å². The molecule has 27 heavy (non-hydrogen) atoms. The molecule has 1 amide bonds. The Labute approximate surface area is 158 Å². The third kappa shape index (κ3) is 3.88. The van der Waals surface area contributed by atoms with Crippen LogP contribution >= 0.6 is 11.3 Å². The molecular formula is C20H15FN2O3S. The maximum absolute atomic E-state index is 13.0. The van der Waals surface area contributed by atoms with Gasteiger partial charge in [-0.3, -0.25) is 10.1 Å². The molecule has 0 fully saturated rings. The topological polar surface area (TPSA) is 68.3 Å². The fraction of sp³-hybridized carbons (Fsp3) is 0.150. The van der Waals surface area contributed by atoms with Crippen LogP contribution in [0.3, 0.4) is 0 Å². The van der Waals surface area contributed by atoms with Gasteiger partial charge in [0.2, 0.25) is 0 Å². The van der Waals surface area contributed by atoms with E-state index >= 15 is 0 Å². The smallest absolute Gasteiger partial charge is 0.339 e. The summed E-state index contributed by atoms with van der Waals surface area (Å²) in [6.07, 6.45) is 1.73. The minimum Gasteiger partial charge on any atom is -0.448 e. The lowest BCUT2D eigenvalue weighted by molar-refractivity contribution is -0.125. The number of esters is 1. The second kappa shape index (κ2) is 7.28. The molecule has 2 aromatic carbocycles. The number of hydrogen-bond donors (Lipinski definition) is 1. The molecule has 1 atom stereocenters. The molecule has 7 heteroatoms. The number of carbonyl (C=O) groups is 2. The summed E-state index contributed by atoms with van der Waals surface area (Å²) in [6, 6.07) is 13.4. The lowest BCUT2D eigenvalue weighted by atomic mass is 9.98. The van der Waals surface area contributed by atoms with E-state index in [2.05, 4.69) is 10.3 Å². The van der Waals surface area contributed by atoms with Crippen LogP contribution in [-0.4, -0.2) is 23.0 Å². The van der Waals surface area contributed by atoms with Crippen molar-refractivity contribution in [1.82, 2.24) is 4.98 Å². The van der Waals surface area contributed by atoms with Gasteiger partial charge in [-0.15, -0.1) is 11.3 Å². The van der Waals surface area contributed by atoms with Crippen molar-refractivity contribution in [3.63, 3.8) is 0 Å². The molecule has 1 aromatic heterocycles. The molecule has 1 N–H and O–H groups in total. The Balaban J connectivity index is 1.41. The van der Waals surface area contributed by atoms with E-state index in [4.69, 9.17) is 4.74 Å². The van der Waals surface area contributed by atoms with Gasteiger partial charge in [0.25, 0.3) is 5.91 Å². The van der Waals surface area contributed by atoms with E-state index in [9.17, 15) is 14.0 Å². The van der Waals surface area contributed by atoms with Crippen molar-refractivity contribution in [2.24, 2.45) is 0 Å². The molecule has 2 heterocycles. The second-order valence-electron chi connectivity index (χ2n) is 6.18. The molecule has 1 aliphatic heterocycles. The third-order valence-corrected chi connectivity index (χ3v) is 5.17. The molecule has 0 spiro atoms. The van der Waals surface area contributed by atoms with Crippen molar-refractivity contribution in [3.8, 4) is 0 Å². The number of anilines is 1. The lowest BCUT2D eigenvalue weighted by Gasteiger charge is -2.23. The fourth-order valence-electron chi connectivity index (χ4n) is 2.91. The number of rotatable bonds is 4. The summed E-state index contributed by atoms with van der Waals surface area (Å²) in [4.78, 5) is 29.6. The highest BCUT2D eigenvalue weighted by Crippen LogP contribution is 2.24. The Hall–Kier alpha value is -3.06. The molecule has 4 rings (SSSR count). The summed E-state index contributed by atoms with van der Waals surface area (Å²) in [5.41, 5.74) is 2.25. The number of aromatic nitrogens is 1. The van der Waals surface area contributed by atoms with Gasteiger partial charge in [-0.1, -0.05) is 30.3 Å². The Morgan fingerprint density at radius 1 is 1.22 bits per heavy atom. The molecular weight excluding hydrogens is 367 g/mol. The van der Waals surface area contributed by atoms with Crippen LogP contribution in [0.1, 0.15) is 26.4 Å². The maximum atomic E-state index is 13.0. The van der Waals surface area contributed by atoms with Crippen LogP contribution in [0.25, 0.3) is 0 Å². The Bertz CT molecular complexity index is 1000. The van der Waals surface area contributed by atoms with E-state index in [1.165, 1.54) is 23.5 Å². The van der Waals surface area contributed by atoms with Crippen molar-refractivity contribution >= 4 is 28.3 Å². The van der Waals surface area contributed by atoms with Gasteiger partial charge in [0.05, 0.1) is 5.56 Å². The fourth-order valence-corrected chi connectivity index (χ4v) is 3.76. The largest absolute Gasteiger partial charge is 0.448 e. The summed E-state index contributed by atoms with van der Waals surface area (Å²) < 4.78 is 18.2. The summed E-state index contributed by atoms with van der Waals surface area (Å²) in [5.74, 6) is -1.17. The lowest BCUT2D eigenvalue weighted by Crippen LogP contribution is -2.37. The molecule has 0 saturated heterocycles. The molecule has 1 aliphatic rings. The number of hydrogen-bond acceptors (Lipinski definition) is 5. The normalized spacial score (nSPS) is 15.7. The van der Waals surface area contributed by atoms with Crippen LogP contribution in [0, 0.1) is 5.82 Å². The molecule has 0 bridgehead atoms. The minimum atomic E-state index is -0.878. The quantitative estimate of drug-likeness (QED) is 0.700. The van der Waals surface area contributed by atoms with Gasteiger partial charge in [0, 0.05) is 23.9 Å². The summed E-state index contributed by atoms with van der Waals surface area (Å²) >= 11 is 1.33. The first kappa shape index (κ1) is 17.4. The van der Waals surface area contributed by atoms with Gasteiger partial charge in [0.1, 0.15) is 5.82 Å². The molecule has 136 valence electrons. The number of thiazole rings is 1. The average Bonchev–Trinajstić information content (AvgIpc) is 3.10. The van der Waals surface area contributed by atoms with Crippen molar-refractivity contribution in [3.05, 3.63) is 82.1 Å². The first-order valence-electron chi connectivity index (χ1n) is 8.37.